The zero-order valence-electron chi connectivity index (χ0n) is 13.1. The lowest BCUT2D eigenvalue weighted by atomic mass is 9.93. The van der Waals surface area contributed by atoms with Crippen LogP contribution in [0.1, 0.15) is 52.4 Å². The van der Waals surface area contributed by atoms with Crippen LogP contribution in [0.4, 0.5) is 0 Å². The van der Waals surface area contributed by atoms with Crippen LogP contribution >= 0.6 is 0 Å². The third-order valence-corrected chi connectivity index (χ3v) is 4.07. The molecule has 0 fully saturated rings. The Bertz CT molecular complexity index is 406. The maximum absolute atomic E-state index is 12.1. The van der Waals surface area contributed by atoms with Crippen molar-refractivity contribution in [1.29, 1.82) is 0 Å². The normalized spacial score (nSPS) is 34.5. The van der Waals surface area contributed by atoms with E-state index in [-0.39, 0.29) is 12.6 Å². The van der Waals surface area contributed by atoms with Crippen molar-refractivity contribution >= 4 is 11.8 Å². The Labute approximate surface area is 126 Å². The molecule has 0 saturated carbocycles. The monoisotopic (exact) mass is 296 g/mol. The molecule has 1 heterocycles. The van der Waals surface area contributed by atoms with Gasteiger partial charge in [0.25, 0.3) is 0 Å². The molecule has 0 unspecified atom stereocenters. The van der Waals surface area contributed by atoms with Gasteiger partial charge < -0.3 is 16.8 Å². The maximum Gasteiger partial charge on any atom is 0.240 e. The fraction of sp³-hybridized carbons (Fsp3) is 0.733. The van der Waals surface area contributed by atoms with Gasteiger partial charge in [0, 0.05) is 0 Å². The second-order valence-corrected chi connectivity index (χ2v) is 6.23. The number of amides is 2. The largest absolute Gasteiger partial charge is 0.368 e. The predicted octanol–water partition coefficient (Wildman–Crippen LogP) is 0.522. The van der Waals surface area contributed by atoms with Crippen LogP contribution in [0.15, 0.2) is 12.2 Å². The average Bonchev–Trinajstić information content (AvgIpc) is 2.40. The lowest BCUT2D eigenvalue weighted by Gasteiger charge is -2.29. The number of rotatable bonds is 1. The molecule has 2 amide bonds. The van der Waals surface area contributed by atoms with Crippen molar-refractivity contribution in [3.05, 3.63) is 12.2 Å². The Morgan fingerprint density at radius 1 is 1.19 bits per heavy atom. The van der Waals surface area contributed by atoms with Crippen LogP contribution in [0.3, 0.4) is 0 Å². The summed E-state index contributed by atoms with van der Waals surface area (Å²) in [6.45, 7) is 3.67. The number of carbonyl (C=O) groups is 2. The summed E-state index contributed by atoms with van der Waals surface area (Å²) < 4.78 is 0. The van der Waals surface area contributed by atoms with Gasteiger partial charge in [0.05, 0.1) is 17.7 Å². The predicted molar refractivity (Wildman–Crippen MR) is 83.2 cm³/mol. The first-order chi connectivity index (χ1) is 9.78. The van der Waals surface area contributed by atoms with Gasteiger partial charge in [0.15, 0.2) is 0 Å². The van der Waals surface area contributed by atoms with Gasteiger partial charge in [-0.1, -0.05) is 12.2 Å². The summed E-state index contributed by atoms with van der Waals surface area (Å²) in [5.41, 5.74) is 9.79. The Kier molecular flexibility index (Phi) is 6.36. The highest BCUT2D eigenvalue weighted by Crippen LogP contribution is 2.15. The summed E-state index contributed by atoms with van der Waals surface area (Å²) in [7, 11) is 0. The number of nitrogens with two attached hydrogens (primary N) is 2. The summed E-state index contributed by atoms with van der Waals surface area (Å²) in [4.78, 5) is 23.7. The van der Waals surface area contributed by atoms with E-state index in [9.17, 15) is 9.59 Å². The van der Waals surface area contributed by atoms with Crippen molar-refractivity contribution in [1.82, 2.24) is 10.6 Å². The van der Waals surface area contributed by atoms with Gasteiger partial charge in [-0.25, -0.2) is 0 Å². The minimum atomic E-state index is -0.900. The SMILES string of the molecule is C[C@]1(N)CCC/C=C/CCC[C@@](C)(C(N)=O)NCNC1=O. The molecule has 1 aliphatic rings. The van der Waals surface area contributed by atoms with Crippen LogP contribution < -0.4 is 22.1 Å². The van der Waals surface area contributed by atoms with Crippen molar-refractivity contribution in [3.8, 4) is 0 Å². The molecule has 6 heteroatoms. The van der Waals surface area contributed by atoms with Crippen molar-refractivity contribution in [2.75, 3.05) is 6.67 Å². The molecule has 0 aromatic rings. The Morgan fingerprint density at radius 3 is 2.33 bits per heavy atom. The molecule has 0 bridgehead atoms. The highest BCUT2D eigenvalue weighted by molar-refractivity contribution is 5.86. The molecule has 6 N–H and O–H groups in total. The second kappa shape index (κ2) is 7.56. The molecule has 1 rings (SSSR count). The molecule has 0 saturated heterocycles. The van der Waals surface area contributed by atoms with E-state index in [2.05, 4.69) is 22.8 Å². The van der Waals surface area contributed by atoms with Gasteiger partial charge in [-0.05, 0) is 52.4 Å². The zero-order valence-corrected chi connectivity index (χ0v) is 13.1. The molecule has 21 heavy (non-hydrogen) atoms. The lowest BCUT2D eigenvalue weighted by Crippen LogP contribution is -2.59. The third kappa shape index (κ3) is 5.47. The summed E-state index contributed by atoms with van der Waals surface area (Å²) in [6, 6.07) is 0. The van der Waals surface area contributed by atoms with Crippen molar-refractivity contribution < 1.29 is 9.59 Å². The molecule has 0 aromatic carbocycles. The first-order valence-corrected chi connectivity index (χ1v) is 7.55. The fourth-order valence-corrected chi connectivity index (χ4v) is 2.33. The first-order valence-electron chi connectivity index (χ1n) is 7.55. The number of carbonyl (C=O) groups excluding carboxylic acids is 2. The summed E-state index contributed by atoms with van der Waals surface area (Å²) in [5.74, 6) is -0.633. The molecule has 0 radical (unpaired) electrons. The van der Waals surface area contributed by atoms with E-state index in [1.54, 1.807) is 13.8 Å². The first kappa shape index (κ1) is 17.7. The number of hydrogen-bond donors (Lipinski definition) is 4. The van der Waals surface area contributed by atoms with Gasteiger partial charge in [0.1, 0.15) is 0 Å². The fourth-order valence-electron chi connectivity index (χ4n) is 2.33. The summed E-state index contributed by atoms with van der Waals surface area (Å²) in [5, 5.41) is 5.77. The highest BCUT2D eigenvalue weighted by atomic mass is 16.2. The van der Waals surface area contributed by atoms with Gasteiger partial charge in [0.2, 0.25) is 11.8 Å². The highest BCUT2D eigenvalue weighted by Gasteiger charge is 2.31. The van der Waals surface area contributed by atoms with E-state index in [1.165, 1.54) is 0 Å². The van der Waals surface area contributed by atoms with E-state index in [0.29, 0.717) is 12.8 Å². The van der Waals surface area contributed by atoms with Crippen LogP contribution in [0, 0.1) is 0 Å². The minimum Gasteiger partial charge on any atom is -0.368 e. The second-order valence-electron chi connectivity index (χ2n) is 6.23. The molecule has 1 aliphatic heterocycles. The van der Waals surface area contributed by atoms with Crippen LogP contribution in [0.5, 0.6) is 0 Å². The van der Waals surface area contributed by atoms with E-state index >= 15 is 0 Å². The van der Waals surface area contributed by atoms with Crippen LogP contribution in [0.2, 0.25) is 0 Å². The van der Waals surface area contributed by atoms with E-state index < -0.39 is 17.0 Å². The molecular weight excluding hydrogens is 268 g/mol. The van der Waals surface area contributed by atoms with Gasteiger partial charge >= 0.3 is 0 Å². The molecule has 0 spiro atoms. The van der Waals surface area contributed by atoms with E-state index in [0.717, 1.165) is 25.7 Å². The quantitative estimate of drug-likeness (QED) is 0.529. The van der Waals surface area contributed by atoms with Crippen LogP contribution in [0.25, 0.3) is 0 Å². The maximum atomic E-state index is 12.1. The number of allylic oxidation sites excluding steroid dienone is 2. The number of primary amides is 1. The van der Waals surface area contributed by atoms with Gasteiger partial charge in [-0.2, -0.15) is 0 Å². The Morgan fingerprint density at radius 2 is 1.76 bits per heavy atom. The molecule has 2 atom stereocenters. The molecule has 0 aromatic heterocycles. The standard InChI is InChI=1S/C15H28N4O2/c1-14(17)9-7-5-3-4-6-8-10-15(2,12(16)20)19-11-18-13(14)21/h3-4,19H,5-11,17H2,1-2H3,(H2,16,20)(H,18,21)/b4-3+/t14-,15-/m0/s1. The van der Waals surface area contributed by atoms with Gasteiger partial charge in [-0.3, -0.25) is 14.9 Å². The number of nitrogens with one attached hydrogen (secondary N) is 2. The van der Waals surface area contributed by atoms with Crippen molar-refractivity contribution in [3.63, 3.8) is 0 Å². The van der Waals surface area contributed by atoms with Crippen molar-refractivity contribution in [2.45, 2.75) is 63.5 Å². The molecular formula is C15H28N4O2. The zero-order chi connectivity index (χ0) is 15.9. The summed E-state index contributed by atoms with van der Waals surface area (Å²) in [6.07, 6.45) is 9.03. The van der Waals surface area contributed by atoms with E-state index in [4.69, 9.17) is 11.5 Å². The molecule has 120 valence electrons. The smallest absolute Gasteiger partial charge is 0.240 e. The number of hydrogen-bond acceptors (Lipinski definition) is 4. The molecule has 6 nitrogen and oxygen atoms in total. The Hall–Kier alpha value is -1.40. The van der Waals surface area contributed by atoms with Crippen LogP contribution in [-0.4, -0.2) is 29.6 Å². The minimum absolute atomic E-state index is 0.181. The third-order valence-electron chi connectivity index (χ3n) is 4.07. The lowest BCUT2D eigenvalue weighted by molar-refractivity contribution is -0.127. The summed E-state index contributed by atoms with van der Waals surface area (Å²) >= 11 is 0. The Balaban J connectivity index is 2.76. The van der Waals surface area contributed by atoms with Crippen LogP contribution in [-0.2, 0) is 9.59 Å². The van der Waals surface area contributed by atoms with E-state index in [1.807, 2.05) is 0 Å². The van der Waals surface area contributed by atoms with Gasteiger partial charge in [-0.15, -0.1) is 0 Å². The van der Waals surface area contributed by atoms with Crippen molar-refractivity contribution in [2.24, 2.45) is 11.5 Å². The molecule has 0 aliphatic carbocycles. The topological polar surface area (TPSA) is 110 Å². The average molecular weight is 296 g/mol.